The van der Waals surface area contributed by atoms with Gasteiger partial charge in [-0.2, -0.15) is 0 Å². The average Bonchev–Trinajstić information content (AvgIpc) is 3.33. The number of nitrogens with zero attached hydrogens (tertiary/aromatic N) is 4. The van der Waals surface area contributed by atoms with E-state index in [1.165, 1.54) is 28.8 Å². The van der Waals surface area contributed by atoms with Crippen LogP contribution in [0.5, 0.6) is 11.5 Å². The molecule has 40 heavy (non-hydrogen) atoms. The van der Waals surface area contributed by atoms with E-state index in [-0.39, 0.29) is 46.4 Å². The van der Waals surface area contributed by atoms with E-state index in [0.717, 1.165) is 11.3 Å². The summed E-state index contributed by atoms with van der Waals surface area (Å²) in [5.74, 6) is -2.73. The second kappa shape index (κ2) is 10.7. The molecule has 1 saturated heterocycles. The van der Waals surface area contributed by atoms with Gasteiger partial charge in [0, 0.05) is 28.2 Å². The quantitative estimate of drug-likeness (QED) is 0.0842. The van der Waals surface area contributed by atoms with E-state index in [4.69, 9.17) is 10.6 Å². The Labute approximate surface area is 235 Å². The summed E-state index contributed by atoms with van der Waals surface area (Å²) >= 11 is 2.45. The first kappa shape index (κ1) is 27.2. The SMILES string of the molecule is CC(C)ON=C(C(=O)NC1C(=O)N2C(C(=O)O)=C(C[n+]3ccc4cc(O)c(O)cc4c3)CS[C@H]12)c1csc(N)n1. The smallest absolute Gasteiger partial charge is 0.352 e. The first-order valence-corrected chi connectivity index (χ1v) is 14.0. The van der Waals surface area contributed by atoms with Gasteiger partial charge in [0.05, 0.1) is 0 Å². The van der Waals surface area contributed by atoms with Crippen molar-refractivity contribution < 1.29 is 39.1 Å². The fourth-order valence-electron chi connectivity index (χ4n) is 4.36. The van der Waals surface area contributed by atoms with Gasteiger partial charge < -0.3 is 31.2 Å². The molecule has 3 aromatic rings. The minimum atomic E-state index is -1.26. The summed E-state index contributed by atoms with van der Waals surface area (Å²) in [6.45, 7) is 3.65. The second-order valence-corrected chi connectivity index (χ2v) is 11.4. The lowest BCUT2D eigenvalue weighted by Gasteiger charge is -2.49. The number of amides is 2. The number of carbonyl (C=O) groups excluding carboxylic acids is 2. The summed E-state index contributed by atoms with van der Waals surface area (Å²) < 4.78 is 1.73. The molecule has 0 saturated carbocycles. The molecule has 208 valence electrons. The first-order chi connectivity index (χ1) is 19.0. The molecule has 4 heterocycles. The van der Waals surface area contributed by atoms with Crippen molar-refractivity contribution in [3.63, 3.8) is 0 Å². The van der Waals surface area contributed by atoms with Crippen LogP contribution in [-0.2, 0) is 25.8 Å². The number of carboxylic acids is 1. The van der Waals surface area contributed by atoms with Gasteiger partial charge in [-0.25, -0.2) is 14.3 Å². The van der Waals surface area contributed by atoms with E-state index in [0.29, 0.717) is 22.1 Å². The second-order valence-electron chi connectivity index (χ2n) is 9.37. The van der Waals surface area contributed by atoms with E-state index in [1.807, 2.05) is 0 Å². The number of pyridine rings is 1. The summed E-state index contributed by atoms with van der Waals surface area (Å²) in [6.07, 6.45) is 3.12. The number of phenols is 2. The van der Waals surface area contributed by atoms with Crippen molar-refractivity contribution in [2.45, 2.75) is 37.9 Å². The predicted molar refractivity (Wildman–Crippen MR) is 146 cm³/mol. The molecule has 2 amide bonds. The van der Waals surface area contributed by atoms with Gasteiger partial charge in [0.2, 0.25) is 0 Å². The third-order valence-electron chi connectivity index (χ3n) is 6.17. The van der Waals surface area contributed by atoms with Gasteiger partial charge in [0.1, 0.15) is 28.9 Å². The van der Waals surface area contributed by atoms with Crippen LogP contribution in [0.2, 0.25) is 0 Å². The number of aromatic nitrogens is 2. The van der Waals surface area contributed by atoms with Crippen molar-refractivity contribution in [3.8, 4) is 11.5 Å². The highest BCUT2D eigenvalue weighted by atomic mass is 32.2. The number of β-lactam (4-membered cyclic amide) rings is 1. The number of rotatable bonds is 8. The molecule has 0 radical (unpaired) electrons. The molecule has 2 aromatic heterocycles. The topological polar surface area (TPSA) is 192 Å². The molecule has 15 heteroatoms. The highest BCUT2D eigenvalue weighted by Gasteiger charge is 2.54. The number of thioether (sulfide) groups is 1. The molecule has 1 aromatic carbocycles. The number of hydrogen-bond acceptors (Lipinski definition) is 11. The number of thiazole rings is 1. The van der Waals surface area contributed by atoms with Gasteiger partial charge in [-0.15, -0.1) is 23.1 Å². The maximum atomic E-state index is 13.2. The van der Waals surface area contributed by atoms with E-state index in [1.54, 1.807) is 42.3 Å². The number of benzene rings is 1. The number of fused-ring (bicyclic) bond motifs is 2. The third kappa shape index (κ3) is 5.12. The number of phenolic OH excluding ortho intramolecular Hbond substituents is 2. The number of aliphatic carboxylic acids is 1. The summed E-state index contributed by atoms with van der Waals surface area (Å²) in [6, 6.07) is 3.60. The lowest BCUT2D eigenvalue weighted by Crippen LogP contribution is -2.71. The van der Waals surface area contributed by atoms with Crippen LogP contribution in [0.1, 0.15) is 19.5 Å². The Bertz CT molecular complexity index is 1600. The van der Waals surface area contributed by atoms with Crippen LogP contribution in [0.4, 0.5) is 5.13 Å². The Kier molecular flexibility index (Phi) is 7.25. The summed E-state index contributed by atoms with van der Waals surface area (Å²) in [4.78, 5) is 49.1. The molecule has 2 atom stereocenters. The molecule has 2 aliphatic heterocycles. The molecule has 6 N–H and O–H groups in total. The highest BCUT2D eigenvalue weighted by molar-refractivity contribution is 8.00. The Balaban J connectivity index is 1.36. The number of oxime groups is 1. The number of carboxylic acid groups (broad SMARTS) is 1. The molecule has 0 bridgehead atoms. The maximum Gasteiger partial charge on any atom is 0.352 e. The number of hydrogen-bond donors (Lipinski definition) is 5. The van der Waals surface area contributed by atoms with E-state index in [9.17, 15) is 29.7 Å². The number of nitrogens with one attached hydrogen (secondary N) is 1. The largest absolute Gasteiger partial charge is 0.504 e. The Morgan fingerprint density at radius 2 is 2.02 bits per heavy atom. The molecule has 0 aliphatic carbocycles. The fourth-order valence-corrected chi connectivity index (χ4v) is 6.24. The van der Waals surface area contributed by atoms with Crippen molar-refractivity contribution >= 4 is 62.5 Å². The zero-order chi connectivity index (χ0) is 28.7. The predicted octanol–water partition coefficient (Wildman–Crippen LogP) is 1.15. The first-order valence-electron chi connectivity index (χ1n) is 12.0. The summed E-state index contributed by atoms with van der Waals surface area (Å²) in [5.41, 5.74) is 6.13. The fraction of sp³-hybridized carbons (Fsp3) is 0.280. The monoisotopic (exact) mass is 585 g/mol. The van der Waals surface area contributed by atoms with Crippen LogP contribution >= 0.6 is 23.1 Å². The van der Waals surface area contributed by atoms with Gasteiger partial charge in [-0.05, 0) is 31.4 Å². The molecule has 5 rings (SSSR count). The highest BCUT2D eigenvalue weighted by Crippen LogP contribution is 2.40. The van der Waals surface area contributed by atoms with Crippen molar-refractivity contribution in [2.24, 2.45) is 5.16 Å². The maximum absolute atomic E-state index is 13.2. The average molecular weight is 586 g/mol. The van der Waals surface area contributed by atoms with Crippen molar-refractivity contribution in [3.05, 3.63) is 52.9 Å². The van der Waals surface area contributed by atoms with Crippen molar-refractivity contribution in [1.29, 1.82) is 0 Å². The van der Waals surface area contributed by atoms with Crippen LogP contribution in [0.3, 0.4) is 0 Å². The van der Waals surface area contributed by atoms with Gasteiger partial charge in [0.25, 0.3) is 11.8 Å². The minimum absolute atomic E-state index is 0.135. The standard InChI is InChI=1S/C25H24N6O7S2/c1-11(2)38-29-18(15-10-40-25(26)27-15)21(34)28-19-22(35)31-20(24(36)37)14(9-39-23(19)31)8-30-4-3-12-5-16(32)17(33)6-13(12)7-30/h3-7,10-11,19,23H,8-9H2,1-2H3,(H5,26,27,28,33,34,36,37)/p+1/t19?,23-/m1/s1. The van der Waals surface area contributed by atoms with Crippen LogP contribution in [0.15, 0.2) is 52.4 Å². The zero-order valence-electron chi connectivity index (χ0n) is 21.3. The van der Waals surface area contributed by atoms with Crippen molar-refractivity contribution in [2.75, 3.05) is 11.5 Å². The summed E-state index contributed by atoms with van der Waals surface area (Å²) in [5, 5.41) is 38.6. The van der Waals surface area contributed by atoms with E-state index >= 15 is 0 Å². The number of nitrogen functional groups attached to an aromatic ring is 1. The Morgan fingerprint density at radius 3 is 2.67 bits per heavy atom. The molecule has 1 fully saturated rings. The Hall–Kier alpha value is -4.37. The number of anilines is 1. The van der Waals surface area contributed by atoms with Gasteiger partial charge in [-0.3, -0.25) is 14.5 Å². The number of carbonyl (C=O) groups is 3. The third-order valence-corrected chi connectivity index (χ3v) is 8.19. The number of nitrogens with two attached hydrogens (primary N) is 1. The Morgan fingerprint density at radius 1 is 1.30 bits per heavy atom. The van der Waals surface area contributed by atoms with E-state index in [2.05, 4.69) is 15.5 Å². The molecule has 0 spiro atoms. The molecule has 13 nitrogen and oxygen atoms in total. The molecule has 1 unspecified atom stereocenters. The van der Waals surface area contributed by atoms with Crippen LogP contribution < -0.4 is 15.6 Å². The minimum Gasteiger partial charge on any atom is -0.504 e. The van der Waals surface area contributed by atoms with Gasteiger partial charge in [0.15, 0.2) is 41.3 Å². The molecule has 2 aliphatic rings. The normalized spacial score (nSPS) is 19.0. The van der Waals surface area contributed by atoms with Crippen LogP contribution in [0, 0.1) is 0 Å². The van der Waals surface area contributed by atoms with Gasteiger partial charge in [-0.1, -0.05) is 5.16 Å². The van der Waals surface area contributed by atoms with Gasteiger partial charge >= 0.3 is 5.97 Å². The lowest BCUT2D eigenvalue weighted by molar-refractivity contribution is -0.687. The lowest BCUT2D eigenvalue weighted by atomic mass is 10.0. The molecular formula is C25H25N6O7S2+. The van der Waals surface area contributed by atoms with Crippen molar-refractivity contribution in [1.82, 2.24) is 15.2 Å². The zero-order valence-corrected chi connectivity index (χ0v) is 22.9. The molecular weight excluding hydrogens is 560 g/mol. The van der Waals surface area contributed by atoms with Crippen LogP contribution in [-0.4, -0.2) is 72.0 Å². The van der Waals surface area contributed by atoms with Crippen LogP contribution in [0.25, 0.3) is 10.8 Å². The summed E-state index contributed by atoms with van der Waals surface area (Å²) in [7, 11) is 0. The number of aromatic hydroxyl groups is 2. The van der Waals surface area contributed by atoms with E-state index < -0.39 is 29.2 Å².